The second-order valence-corrected chi connectivity index (χ2v) is 5.46. The number of likely N-dealkylation sites (N-methyl/N-ethyl adjacent to an activating group) is 1. The summed E-state index contributed by atoms with van der Waals surface area (Å²) >= 11 is 0. The summed E-state index contributed by atoms with van der Waals surface area (Å²) in [7, 11) is 2.34. The van der Waals surface area contributed by atoms with Gasteiger partial charge in [-0.2, -0.15) is 0 Å². The van der Waals surface area contributed by atoms with Crippen molar-refractivity contribution in [3.8, 4) is 0 Å². The van der Waals surface area contributed by atoms with E-state index in [1.54, 1.807) is 0 Å². The fraction of sp³-hybridized carbons (Fsp3) is 1.00. The van der Waals surface area contributed by atoms with Crippen LogP contribution in [-0.4, -0.2) is 37.1 Å². The van der Waals surface area contributed by atoms with Crippen molar-refractivity contribution in [1.29, 1.82) is 0 Å². The lowest BCUT2D eigenvalue weighted by Crippen LogP contribution is -2.41. The highest BCUT2D eigenvalue weighted by Crippen LogP contribution is 2.44. The summed E-state index contributed by atoms with van der Waals surface area (Å²) in [6, 6.07) is 1.77. The number of hydrogen-bond donors (Lipinski definition) is 1. The van der Waals surface area contributed by atoms with Gasteiger partial charge in [0.2, 0.25) is 0 Å². The SMILES string of the molecule is CN1CCNC2CCC[C@H]2[C@@H]1C1CC1. The highest BCUT2D eigenvalue weighted by atomic mass is 15.2. The summed E-state index contributed by atoms with van der Waals surface area (Å²) in [5.41, 5.74) is 0. The zero-order valence-corrected chi connectivity index (χ0v) is 9.21. The molecule has 80 valence electrons. The zero-order chi connectivity index (χ0) is 9.54. The Bertz CT molecular complexity index is 212. The number of nitrogens with zero attached hydrogens (tertiary/aromatic N) is 1. The van der Waals surface area contributed by atoms with Crippen molar-refractivity contribution < 1.29 is 0 Å². The molecule has 3 rings (SSSR count). The van der Waals surface area contributed by atoms with Crippen LogP contribution in [0, 0.1) is 11.8 Å². The molecule has 3 fully saturated rings. The molecule has 1 heterocycles. The maximum atomic E-state index is 3.74. The van der Waals surface area contributed by atoms with Gasteiger partial charge in [-0.25, -0.2) is 0 Å². The maximum absolute atomic E-state index is 3.74. The van der Waals surface area contributed by atoms with Crippen LogP contribution < -0.4 is 5.32 Å². The van der Waals surface area contributed by atoms with E-state index in [9.17, 15) is 0 Å². The van der Waals surface area contributed by atoms with Gasteiger partial charge in [-0.1, -0.05) is 6.42 Å². The summed E-state index contributed by atoms with van der Waals surface area (Å²) in [6.07, 6.45) is 7.36. The van der Waals surface area contributed by atoms with Gasteiger partial charge in [0, 0.05) is 25.2 Å². The quantitative estimate of drug-likeness (QED) is 0.680. The van der Waals surface area contributed by atoms with E-state index >= 15 is 0 Å². The lowest BCUT2D eigenvalue weighted by atomic mass is 9.90. The van der Waals surface area contributed by atoms with Crippen LogP contribution in [0.1, 0.15) is 32.1 Å². The van der Waals surface area contributed by atoms with Gasteiger partial charge in [-0.15, -0.1) is 0 Å². The number of nitrogens with one attached hydrogen (secondary N) is 1. The third kappa shape index (κ3) is 1.49. The van der Waals surface area contributed by atoms with Gasteiger partial charge < -0.3 is 10.2 Å². The Morgan fingerprint density at radius 1 is 1.14 bits per heavy atom. The van der Waals surface area contributed by atoms with E-state index in [2.05, 4.69) is 17.3 Å². The molecular formula is C12H22N2. The van der Waals surface area contributed by atoms with Crippen molar-refractivity contribution in [3.63, 3.8) is 0 Å². The van der Waals surface area contributed by atoms with Crippen molar-refractivity contribution in [2.24, 2.45) is 11.8 Å². The molecule has 3 aliphatic rings. The second-order valence-electron chi connectivity index (χ2n) is 5.46. The first-order valence-electron chi connectivity index (χ1n) is 6.30. The lowest BCUT2D eigenvalue weighted by molar-refractivity contribution is 0.167. The van der Waals surface area contributed by atoms with Crippen LogP contribution in [0.2, 0.25) is 0 Å². The van der Waals surface area contributed by atoms with E-state index in [1.165, 1.54) is 45.2 Å². The molecular weight excluding hydrogens is 172 g/mol. The Morgan fingerprint density at radius 2 is 2.00 bits per heavy atom. The summed E-state index contributed by atoms with van der Waals surface area (Å²) in [5, 5.41) is 3.74. The van der Waals surface area contributed by atoms with Gasteiger partial charge >= 0.3 is 0 Å². The third-order valence-corrected chi connectivity index (χ3v) is 4.49. The van der Waals surface area contributed by atoms with E-state index in [4.69, 9.17) is 0 Å². The Balaban J connectivity index is 1.80. The van der Waals surface area contributed by atoms with Gasteiger partial charge in [-0.3, -0.25) is 0 Å². The monoisotopic (exact) mass is 194 g/mol. The van der Waals surface area contributed by atoms with E-state index in [0.717, 1.165) is 23.9 Å². The van der Waals surface area contributed by atoms with E-state index in [0.29, 0.717) is 0 Å². The van der Waals surface area contributed by atoms with E-state index < -0.39 is 0 Å². The molecule has 2 nitrogen and oxygen atoms in total. The van der Waals surface area contributed by atoms with Crippen LogP contribution >= 0.6 is 0 Å². The Hall–Kier alpha value is -0.0800. The molecule has 0 aromatic rings. The van der Waals surface area contributed by atoms with Gasteiger partial charge in [0.05, 0.1) is 0 Å². The molecule has 3 atom stereocenters. The smallest absolute Gasteiger partial charge is 0.0164 e. The number of rotatable bonds is 1. The van der Waals surface area contributed by atoms with Gasteiger partial charge in [-0.05, 0) is 44.6 Å². The number of hydrogen-bond acceptors (Lipinski definition) is 2. The zero-order valence-electron chi connectivity index (χ0n) is 9.21. The first-order chi connectivity index (χ1) is 6.86. The predicted octanol–water partition coefficient (Wildman–Crippen LogP) is 1.47. The van der Waals surface area contributed by atoms with Crippen LogP contribution in [-0.2, 0) is 0 Å². The average Bonchev–Trinajstić information content (AvgIpc) is 2.90. The van der Waals surface area contributed by atoms with Crippen LogP contribution in [0.15, 0.2) is 0 Å². The molecule has 0 aromatic heterocycles. The van der Waals surface area contributed by atoms with Gasteiger partial charge in [0.25, 0.3) is 0 Å². The first-order valence-corrected chi connectivity index (χ1v) is 6.30. The second kappa shape index (κ2) is 3.49. The van der Waals surface area contributed by atoms with Crippen LogP contribution in [0.5, 0.6) is 0 Å². The van der Waals surface area contributed by atoms with Crippen molar-refractivity contribution >= 4 is 0 Å². The van der Waals surface area contributed by atoms with Crippen molar-refractivity contribution in [3.05, 3.63) is 0 Å². The minimum Gasteiger partial charge on any atom is -0.312 e. The Morgan fingerprint density at radius 3 is 2.79 bits per heavy atom. The molecule has 1 unspecified atom stereocenters. The molecule has 2 aliphatic carbocycles. The molecule has 1 N–H and O–H groups in total. The van der Waals surface area contributed by atoms with Crippen molar-refractivity contribution in [1.82, 2.24) is 10.2 Å². The minimum atomic E-state index is 0.852. The normalized spacial score (nSPS) is 44.8. The molecule has 2 saturated carbocycles. The molecule has 0 bridgehead atoms. The molecule has 0 aromatic carbocycles. The third-order valence-electron chi connectivity index (χ3n) is 4.49. The minimum absolute atomic E-state index is 0.852. The average molecular weight is 194 g/mol. The fourth-order valence-electron chi connectivity index (χ4n) is 3.70. The topological polar surface area (TPSA) is 15.3 Å². The molecule has 1 saturated heterocycles. The van der Waals surface area contributed by atoms with Crippen LogP contribution in [0.25, 0.3) is 0 Å². The Labute approximate surface area is 87.0 Å². The van der Waals surface area contributed by atoms with E-state index in [-0.39, 0.29) is 0 Å². The van der Waals surface area contributed by atoms with Gasteiger partial charge in [0.15, 0.2) is 0 Å². The summed E-state index contributed by atoms with van der Waals surface area (Å²) in [6.45, 7) is 2.47. The van der Waals surface area contributed by atoms with Gasteiger partial charge in [0.1, 0.15) is 0 Å². The molecule has 1 aliphatic heterocycles. The van der Waals surface area contributed by atoms with Crippen LogP contribution in [0.4, 0.5) is 0 Å². The van der Waals surface area contributed by atoms with Crippen LogP contribution in [0.3, 0.4) is 0 Å². The predicted molar refractivity (Wildman–Crippen MR) is 58.3 cm³/mol. The summed E-state index contributed by atoms with van der Waals surface area (Å²) in [5.74, 6) is 2.01. The summed E-state index contributed by atoms with van der Waals surface area (Å²) in [4.78, 5) is 2.64. The van der Waals surface area contributed by atoms with Crippen molar-refractivity contribution in [2.45, 2.75) is 44.2 Å². The number of fused-ring (bicyclic) bond motifs is 1. The lowest BCUT2D eigenvalue weighted by Gasteiger charge is -2.32. The Kier molecular flexibility index (Phi) is 2.29. The fourth-order valence-corrected chi connectivity index (χ4v) is 3.70. The molecule has 0 amide bonds. The molecule has 14 heavy (non-hydrogen) atoms. The van der Waals surface area contributed by atoms with E-state index in [1.807, 2.05) is 0 Å². The van der Waals surface area contributed by atoms with Crippen molar-refractivity contribution in [2.75, 3.05) is 20.1 Å². The highest BCUT2D eigenvalue weighted by molar-refractivity contribution is 5.00. The molecule has 0 radical (unpaired) electrons. The maximum Gasteiger partial charge on any atom is 0.0164 e. The highest BCUT2D eigenvalue weighted by Gasteiger charge is 2.44. The summed E-state index contributed by atoms with van der Waals surface area (Å²) < 4.78 is 0. The largest absolute Gasteiger partial charge is 0.312 e. The first kappa shape index (κ1) is 9.17. The standard InChI is InChI=1S/C12H22N2/c1-14-8-7-13-11-4-2-3-10(11)12(14)9-5-6-9/h9-13H,2-8H2,1H3/t10-,11?,12+/m1/s1. The molecule has 2 heteroatoms. The molecule has 0 spiro atoms.